The molecule has 2 aromatic carbocycles. The van der Waals surface area contributed by atoms with Crippen LogP contribution in [-0.4, -0.2) is 10.7 Å². The zero-order valence-electron chi connectivity index (χ0n) is 10.6. The number of nitrogens with zero attached hydrogens (tertiary/aromatic N) is 1. The lowest BCUT2D eigenvalue weighted by atomic mass is 10.0. The van der Waals surface area contributed by atoms with Crippen molar-refractivity contribution in [3.63, 3.8) is 0 Å². The number of carbonyl (C=O) groups excluding carboxylic acids is 1. The van der Waals surface area contributed by atoms with Crippen molar-refractivity contribution in [2.75, 3.05) is 0 Å². The average molecular weight is 290 g/mol. The normalized spacial score (nSPS) is 10.2. The van der Waals surface area contributed by atoms with Gasteiger partial charge in [-0.3, -0.25) is 14.9 Å². The Balaban J connectivity index is 2.04. The standard InChI is InChI=1S/C15H12ClNO3/c16-14-10-13(17(19)20)8-6-11(14)7-9-15(18)12-4-2-1-3-5-12/h1-6,8,10H,7,9H2. The summed E-state index contributed by atoms with van der Waals surface area (Å²) in [6, 6.07) is 13.3. The number of carbonyl (C=O) groups is 1. The number of nitro groups is 1. The quantitative estimate of drug-likeness (QED) is 0.474. The average Bonchev–Trinajstić information content (AvgIpc) is 2.46. The topological polar surface area (TPSA) is 60.2 Å². The summed E-state index contributed by atoms with van der Waals surface area (Å²) in [5.74, 6) is 0.0278. The van der Waals surface area contributed by atoms with E-state index >= 15 is 0 Å². The van der Waals surface area contributed by atoms with Crippen LogP contribution in [0.1, 0.15) is 22.3 Å². The fraction of sp³-hybridized carbons (Fsp3) is 0.133. The van der Waals surface area contributed by atoms with Crippen LogP contribution in [0.4, 0.5) is 5.69 Å². The maximum Gasteiger partial charge on any atom is 0.270 e. The molecule has 0 radical (unpaired) electrons. The number of nitro benzene ring substituents is 1. The van der Waals surface area contributed by atoms with Crippen molar-refractivity contribution in [2.24, 2.45) is 0 Å². The first kappa shape index (κ1) is 14.2. The Morgan fingerprint density at radius 3 is 2.45 bits per heavy atom. The van der Waals surface area contributed by atoms with E-state index in [1.54, 1.807) is 18.2 Å². The van der Waals surface area contributed by atoms with Gasteiger partial charge in [-0.2, -0.15) is 0 Å². The highest BCUT2D eigenvalue weighted by molar-refractivity contribution is 6.31. The van der Waals surface area contributed by atoms with Crippen molar-refractivity contribution in [3.05, 3.63) is 74.8 Å². The first-order chi connectivity index (χ1) is 9.58. The first-order valence-corrected chi connectivity index (χ1v) is 6.47. The van der Waals surface area contributed by atoms with E-state index in [4.69, 9.17) is 11.6 Å². The lowest BCUT2D eigenvalue weighted by Gasteiger charge is -2.04. The fourth-order valence-corrected chi connectivity index (χ4v) is 2.14. The maximum atomic E-state index is 12.0. The minimum Gasteiger partial charge on any atom is -0.294 e. The highest BCUT2D eigenvalue weighted by Crippen LogP contribution is 2.23. The molecule has 4 nitrogen and oxygen atoms in total. The van der Waals surface area contributed by atoms with Gasteiger partial charge in [0.15, 0.2) is 5.78 Å². The molecule has 0 unspecified atom stereocenters. The maximum absolute atomic E-state index is 12.0. The molecule has 0 amide bonds. The number of hydrogen-bond acceptors (Lipinski definition) is 3. The monoisotopic (exact) mass is 289 g/mol. The molecule has 2 aromatic rings. The number of rotatable bonds is 5. The fourth-order valence-electron chi connectivity index (χ4n) is 1.87. The van der Waals surface area contributed by atoms with E-state index in [0.29, 0.717) is 23.4 Å². The van der Waals surface area contributed by atoms with E-state index in [0.717, 1.165) is 5.56 Å². The summed E-state index contributed by atoms with van der Waals surface area (Å²) in [5, 5.41) is 10.9. The second-order valence-corrected chi connectivity index (χ2v) is 4.73. The predicted octanol–water partition coefficient (Wildman–Crippen LogP) is 4.06. The van der Waals surface area contributed by atoms with Crippen LogP contribution in [0.25, 0.3) is 0 Å². The van der Waals surface area contributed by atoms with E-state index in [1.807, 2.05) is 18.2 Å². The molecule has 0 spiro atoms. The molecule has 0 saturated heterocycles. The number of hydrogen-bond donors (Lipinski definition) is 0. The van der Waals surface area contributed by atoms with Crippen LogP contribution >= 0.6 is 11.6 Å². The summed E-state index contributed by atoms with van der Waals surface area (Å²) in [5.41, 5.74) is 1.35. The van der Waals surface area contributed by atoms with E-state index in [9.17, 15) is 14.9 Å². The van der Waals surface area contributed by atoms with E-state index in [-0.39, 0.29) is 11.5 Å². The Morgan fingerprint density at radius 2 is 1.85 bits per heavy atom. The second kappa shape index (κ2) is 6.30. The van der Waals surface area contributed by atoms with Gasteiger partial charge in [0.1, 0.15) is 0 Å². The van der Waals surface area contributed by atoms with Crippen LogP contribution in [0.2, 0.25) is 5.02 Å². The van der Waals surface area contributed by atoms with Gasteiger partial charge in [0.2, 0.25) is 0 Å². The molecule has 5 heteroatoms. The van der Waals surface area contributed by atoms with Crippen molar-refractivity contribution < 1.29 is 9.72 Å². The van der Waals surface area contributed by atoms with Crippen molar-refractivity contribution in [1.29, 1.82) is 0 Å². The first-order valence-electron chi connectivity index (χ1n) is 6.09. The van der Waals surface area contributed by atoms with Crippen molar-refractivity contribution >= 4 is 23.1 Å². The number of aryl methyl sites for hydroxylation is 1. The highest BCUT2D eigenvalue weighted by Gasteiger charge is 2.11. The summed E-state index contributed by atoms with van der Waals surface area (Å²) < 4.78 is 0. The van der Waals surface area contributed by atoms with Gasteiger partial charge in [0.25, 0.3) is 5.69 Å². The summed E-state index contributed by atoms with van der Waals surface area (Å²) in [7, 11) is 0. The van der Waals surface area contributed by atoms with Crippen molar-refractivity contribution in [3.8, 4) is 0 Å². The van der Waals surface area contributed by atoms with Gasteiger partial charge >= 0.3 is 0 Å². The smallest absolute Gasteiger partial charge is 0.270 e. The summed E-state index contributed by atoms with van der Waals surface area (Å²) in [6.07, 6.45) is 0.784. The number of Topliss-reactive ketones (excluding diaryl/α,β-unsaturated/α-hetero) is 1. The van der Waals surface area contributed by atoms with Gasteiger partial charge in [-0.1, -0.05) is 48.0 Å². The highest BCUT2D eigenvalue weighted by atomic mass is 35.5. The SMILES string of the molecule is O=C(CCc1ccc([N+](=O)[O-])cc1Cl)c1ccccc1. The van der Waals surface area contributed by atoms with Gasteiger partial charge in [0, 0.05) is 24.1 Å². The van der Waals surface area contributed by atoms with Crippen LogP contribution in [0.5, 0.6) is 0 Å². The zero-order valence-corrected chi connectivity index (χ0v) is 11.3. The molecule has 0 aliphatic rings. The Bertz CT molecular complexity index is 641. The molecule has 0 aliphatic carbocycles. The van der Waals surface area contributed by atoms with E-state index in [1.165, 1.54) is 12.1 Å². The molecule has 0 bridgehead atoms. The predicted molar refractivity (Wildman–Crippen MR) is 77.2 cm³/mol. The Hall–Kier alpha value is -2.20. The Morgan fingerprint density at radius 1 is 1.15 bits per heavy atom. The van der Waals surface area contributed by atoms with Crippen LogP contribution in [0.3, 0.4) is 0 Å². The molecule has 0 N–H and O–H groups in total. The largest absolute Gasteiger partial charge is 0.294 e. The third kappa shape index (κ3) is 3.42. The van der Waals surface area contributed by atoms with Gasteiger partial charge in [-0.05, 0) is 12.0 Å². The minimum atomic E-state index is -0.495. The van der Waals surface area contributed by atoms with E-state index in [2.05, 4.69) is 0 Å². The molecule has 2 rings (SSSR count). The van der Waals surface area contributed by atoms with Crippen LogP contribution in [-0.2, 0) is 6.42 Å². The number of non-ortho nitro benzene ring substituents is 1. The molecule has 20 heavy (non-hydrogen) atoms. The summed E-state index contributed by atoms with van der Waals surface area (Å²) >= 11 is 5.99. The Kier molecular flexibility index (Phi) is 4.48. The number of benzene rings is 2. The number of ketones is 1. The summed E-state index contributed by atoms with van der Waals surface area (Å²) in [4.78, 5) is 22.1. The van der Waals surface area contributed by atoms with Crippen LogP contribution in [0.15, 0.2) is 48.5 Å². The van der Waals surface area contributed by atoms with Gasteiger partial charge in [-0.25, -0.2) is 0 Å². The third-order valence-corrected chi connectivity index (χ3v) is 3.32. The number of halogens is 1. The molecule has 0 aliphatic heterocycles. The van der Waals surface area contributed by atoms with Gasteiger partial charge in [-0.15, -0.1) is 0 Å². The van der Waals surface area contributed by atoms with E-state index < -0.39 is 4.92 Å². The lowest BCUT2D eigenvalue weighted by Crippen LogP contribution is -2.01. The molecule has 102 valence electrons. The van der Waals surface area contributed by atoms with Crippen LogP contribution in [0, 0.1) is 10.1 Å². The summed E-state index contributed by atoms with van der Waals surface area (Å²) in [6.45, 7) is 0. The molecular formula is C15H12ClNO3. The van der Waals surface area contributed by atoms with Gasteiger partial charge < -0.3 is 0 Å². The second-order valence-electron chi connectivity index (χ2n) is 4.32. The molecular weight excluding hydrogens is 278 g/mol. The molecule has 0 saturated carbocycles. The zero-order chi connectivity index (χ0) is 14.5. The Labute approximate surface area is 121 Å². The molecule has 0 aromatic heterocycles. The van der Waals surface area contributed by atoms with Crippen LogP contribution < -0.4 is 0 Å². The third-order valence-electron chi connectivity index (χ3n) is 2.96. The molecule has 0 heterocycles. The minimum absolute atomic E-state index is 0.0278. The van der Waals surface area contributed by atoms with Crippen molar-refractivity contribution in [1.82, 2.24) is 0 Å². The van der Waals surface area contributed by atoms with Crippen molar-refractivity contribution in [2.45, 2.75) is 12.8 Å². The molecule has 0 atom stereocenters. The lowest BCUT2D eigenvalue weighted by molar-refractivity contribution is -0.384. The van der Waals surface area contributed by atoms with Gasteiger partial charge in [0.05, 0.1) is 9.95 Å². The molecule has 0 fully saturated rings.